The summed E-state index contributed by atoms with van der Waals surface area (Å²) in [5.41, 5.74) is -1.39. The highest BCUT2D eigenvalue weighted by Crippen LogP contribution is 2.72. The fourth-order valence-electron chi connectivity index (χ4n) is 7.65. The van der Waals surface area contributed by atoms with Crippen LogP contribution in [0.25, 0.3) is 0 Å². The Hall–Kier alpha value is -3.52. The van der Waals surface area contributed by atoms with Crippen molar-refractivity contribution in [2.24, 2.45) is 16.7 Å². The molecule has 3 fully saturated rings. The van der Waals surface area contributed by atoms with Gasteiger partial charge >= 0.3 is 11.9 Å². The number of carbonyl (C=O) groups is 4. The summed E-state index contributed by atoms with van der Waals surface area (Å²) in [6, 6.07) is 13.5. The first kappa shape index (κ1) is 26.1. The van der Waals surface area contributed by atoms with Gasteiger partial charge in [-0.2, -0.15) is 0 Å². The number of amides is 2. The van der Waals surface area contributed by atoms with Crippen molar-refractivity contribution in [3.63, 3.8) is 0 Å². The maximum Gasteiger partial charge on any atom is 0.337 e. The predicted molar refractivity (Wildman–Crippen MR) is 140 cm³/mol. The molecule has 1 aliphatic carbocycles. The highest BCUT2D eigenvalue weighted by molar-refractivity contribution is 6.28. The van der Waals surface area contributed by atoms with Crippen LogP contribution in [0, 0.1) is 23.7 Å². The Morgan fingerprint density at radius 2 is 1.61 bits per heavy atom. The summed E-state index contributed by atoms with van der Waals surface area (Å²) in [4.78, 5) is 56.7. The summed E-state index contributed by atoms with van der Waals surface area (Å²) < 4.78 is 10.2. The van der Waals surface area contributed by atoms with Crippen LogP contribution >= 0.6 is 0 Å². The van der Waals surface area contributed by atoms with Gasteiger partial charge in [-0.3, -0.25) is 19.7 Å². The summed E-state index contributed by atoms with van der Waals surface area (Å²) in [5, 5.41) is 3.60. The summed E-state index contributed by atoms with van der Waals surface area (Å²) in [6.07, 6.45) is 2.32. The highest BCUT2D eigenvalue weighted by atomic mass is 16.5. The Bertz CT molecular complexity index is 1320. The second-order valence-electron chi connectivity index (χ2n) is 11.0. The van der Waals surface area contributed by atoms with Crippen molar-refractivity contribution in [2.75, 3.05) is 19.1 Å². The first-order valence-electron chi connectivity index (χ1n) is 13.1. The molecular formula is C30H34N2O6. The molecule has 2 aromatic carbocycles. The van der Waals surface area contributed by atoms with E-state index in [4.69, 9.17) is 9.47 Å². The molecule has 5 rings (SSSR count). The van der Waals surface area contributed by atoms with Crippen molar-refractivity contribution in [3.8, 4) is 0 Å². The lowest BCUT2D eigenvalue weighted by molar-refractivity contribution is -0.166. The standard InChI is InChI=1S/C30H34N2O6/c1-18(2)30(27(36)38-5)29-17-9-8-16-28(29,23(31-30)22-11-7-6-10-19(22)3)25(34)32(26(29)35)21-14-12-20(13-15-21)24(33)37-4/h6-7,10-15,18,23,31H,8-9,16-17H2,1-5H3. The first-order valence-corrected chi connectivity index (χ1v) is 13.1. The van der Waals surface area contributed by atoms with E-state index in [0.29, 0.717) is 30.5 Å². The van der Waals surface area contributed by atoms with Crippen molar-refractivity contribution in [1.29, 1.82) is 0 Å². The molecule has 1 N–H and O–H groups in total. The molecule has 2 aromatic rings. The zero-order valence-corrected chi connectivity index (χ0v) is 22.5. The number of hydrogen-bond donors (Lipinski definition) is 1. The van der Waals surface area contributed by atoms with Crippen LogP contribution in [0.1, 0.15) is 67.1 Å². The number of esters is 2. The van der Waals surface area contributed by atoms with Gasteiger partial charge in [0.2, 0.25) is 11.8 Å². The van der Waals surface area contributed by atoms with Crippen molar-refractivity contribution in [2.45, 2.75) is 58.0 Å². The predicted octanol–water partition coefficient (Wildman–Crippen LogP) is 4.11. The van der Waals surface area contributed by atoms with Crippen LogP contribution in [0.4, 0.5) is 5.69 Å². The lowest BCUT2D eigenvalue weighted by Gasteiger charge is -2.49. The van der Waals surface area contributed by atoms with Crippen LogP contribution < -0.4 is 10.2 Å². The third-order valence-electron chi connectivity index (χ3n) is 9.24. The Balaban J connectivity index is 1.79. The van der Waals surface area contributed by atoms with E-state index in [1.54, 1.807) is 24.3 Å². The summed E-state index contributed by atoms with van der Waals surface area (Å²) in [6.45, 7) is 5.80. The molecule has 0 aromatic heterocycles. The van der Waals surface area contributed by atoms with E-state index in [0.717, 1.165) is 17.5 Å². The van der Waals surface area contributed by atoms with Crippen molar-refractivity contribution in [1.82, 2.24) is 5.32 Å². The van der Waals surface area contributed by atoms with Gasteiger partial charge in [-0.15, -0.1) is 0 Å². The molecule has 3 aliphatic rings. The number of hydrogen-bond acceptors (Lipinski definition) is 7. The fourth-order valence-corrected chi connectivity index (χ4v) is 7.65. The average molecular weight is 519 g/mol. The summed E-state index contributed by atoms with van der Waals surface area (Å²) in [7, 11) is 2.63. The SMILES string of the molecule is COC(=O)c1ccc(N2C(=O)C34CCCCC3(C2=O)C(C(=O)OC)(C(C)C)NC4c2ccccc2C)cc1. The third kappa shape index (κ3) is 3.01. The molecular weight excluding hydrogens is 484 g/mol. The maximum absolute atomic E-state index is 14.8. The number of nitrogens with one attached hydrogen (secondary N) is 1. The molecule has 2 amide bonds. The van der Waals surface area contributed by atoms with Gasteiger partial charge < -0.3 is 9.47 Å². The minimum Gasteiger partial charge on any atom is -0.468 e. The monoisotopic (exact) mass is 518 g/mol. The number of nitrogens with zero attached hydrogens (tertiary/aromatic N) is 1. The molecule has 0 spiro atoms. The van der Waals surface area contributed by atoms with Crippen LogP contribution in [0.5, 0.6) is 0 Å². The topological polar surface area (TPSA) is 102 Å². The Labute approximate surface area is 222 Å². The van der Waals surface area contributed by atoms with Crippen molar-refractivity contribution >= 4 is 29.4 Å². The smallest absolute Gasteiger partial charge is 0.337 e. The number of anilines is 1. The number of ether oxygens (including phenoxy) is 2. The Morgan fingerprint density at radius 3 is 2.21 bits per heavy atom. The van der Waals surface area contributed by atoms with Gasteiger partial charge in [0, 0.05) is 6.04 Å². The number of imide groups is 1. The molecule has 38 heavy (non-hydrogen) atoms. The van der Waals surface area contributed by atoms with E-state index in [1.165, 1.54) is 19.1 Å². The second-order valence-corrected chi connectivity index (χ2v) is 11.0. The van der Waals surface area contributed by atoms with Crippen LogP contribution in [0.3, 0.4) is 0 Å². The molecule has 0 radical (unpaired) electrons. The van der Waals surface area contributed by atoms with Crippen molar-refractivity contribution in [3.05, 3.63) is 65.2 Å². The highest BCUT2D eigenvalue weighted by Gasteiger charge is 2.86. The number of benzene rings is 2. The Morgan fingerprint density at radius 1 is 0.947 bits per heavy atom. The minimum absolute atomic E-state index is 0.315. The summed E-state index contributed by atoms with van der Waals surface area (Å²) >= 11 is 0. The van der Waals surface area contributed by atoms with Gasteiger partial charge in [0.25, 0.3) is 0 Å². The molecule has 0 bridgehead atoms. The van der Waals surface area contributed by atoms with E-state index >= 15 is 0 Å². The third-order valence-corrected chi connectivity index (χ3v) is 9.24. The molecule has 4 atom stereocenters. The molecule has 200 valence electrons. The molecule has 8 heteroatoms. The van der Waals surface area contributed by atoms with Crippen LogP contribution in [-0.4, -0.2) is 43.5 Å². The number of carbonyl (C=O) groups excluding carboxylic acids is 4. The lowest BCUT2D eigenvalue weighted by atomic mass is 9.48. The zero-order valence-electron chi connectivity index (χ0n) is 22.5. The number of methoxy groups -OCH3 is 2. The molecule has 4 unspecified atom stereocenters. The Kier molecular flexibility index (Phi) is 6.21. The van der Waals surface area contributed by atoms with Gasteiger partial charge in [-0.05, 0) is 61.1 Å². The largest absolute Gasteiger partial charge is 0.468 e. The van der Waals surface area contributed by atoms with E-state index in [2.05, 4.69) is 5.32 Å². The van der Waals surface area contributed by atoms with E-state index < -0.39 is 40.3 Å². The van der Waals surface area contributed by atoms with Gasteiger partial charge in [-0.25, -0.2) is 9.69 Å². The first-order chi connectivity index (χ1) is 18.1. The minimum atomic E-state index is -1.41. The van der Waals surface area contributed by atoms with E-state index in [1.807, 2.05) is 45.0 Å². The van der Waals surface area contributed by atoms with Crippen LogP contribution in [-0.2, 0) is 23.9 Å². The van der Waals surface area contributed by atoms with E-state index in [-0.39, 0.29) is 11.8 Å². The van der Waals surface area contributed by atoms with E-state index in [9.17, 15) is 19.2 Å². The van der Waals surface area contributed by atoms with Gasteiger partial charge in [0.1, 0.15) is 5.54 Å². The normalized spacial score (nSPS) is 30.3. The van der Waals surface area contributed by atoms with Crippen LogP contribution in [0.15, 0.2) is 48.5 Å². The molecule has 2 saturated heterocycles. The molecule has 2 heterocycles. The lowest BCUT2D eigenvalue weighted by Crippen LogP contribution is -2.67. The maximum atomic E-state index is 14.8. The molecule has 2 aliphatic heterocycles. The van der Waals surface area contributed by atoms with Gasteiger partial charge in [0.15, 0.2) is 0 Å². The number of aryl methyl sites for hydroxylation is 1. The summed E-state index contributed by atoms with van der Waals surface area (Å²) in [5.74, 6) is -2.10. The molecule has 8 nitrogen and oxygen atoms in total. The molecule has 1 saturated carbocycles. The van der Waals surface area contributed by atoms with Crippen molar-refractivity contribution < 1.29 is 28.7 Å². The van der Waals surface area contributed by atoms with Gasteiger partial charge in [-0.1, -0.05) is 51.0 Å². The van der Waals surface area contributed by atoms with Gasteiger partial charge in [0.05, 0.1) is 36.3 Å². The quantitative estimate of drug-likeness (QED) is 0.469. The second kappa shape index (κ2) is 9.05. The average Bonchev–Trinajstić information content (AvgIpc) is 3.33. The zero-order chi connectivity index (χ0) is 27.5. The van der Waals surface area contributed by atoms with Crippen LogP contribution in [0.2, 0.25) is 0 Å². The fraction of sp³-hybridized carbons (Fsp3) is 0.467. The number of rotatable bonds is 5.